The lowest BCUT2D eigenvalue weighted by atomic mass is 9.70. The van der Waals surface area contributed by atoms with Crippen LogP contribution >= 0.6 is 11.8 Å². The van der Waals surface area contributed by atoms with E-state index in [1.54, 1.807) is 0 Å². The molecule has 2 rings (SSSR count). The summed E-state index contributed by atoms with van der Waals surface area (Å²) in [7, 11) is 1.94. The number of hydrogen-bond donors (Lipinski definition) is 0. The number of nitriles is 1. The normalized spacial score (nSPS) is 28.1. The Bertz CT molecular complexity index is 466. The molecule has 3 atom stereocenters. The minimum absolute atomic E-state index is 0.184. The van der Waals surface area contributed by atoms with E-state index >= 15 is 0 Å². The van der Waals surface area contributed by atoms with Crippen LogP contribution in [-0.2, 0) is 7.05 Å². The van der Waals surface area contributed by atoms with Crippen molar-refractivity contribution in [3.8, 4) is 6.07 Å². The van der Waals surface area contributed by atoms with Crippen molar-refractivity contribution < 1.29 is 0 Å². The second-order valence-corrected chi connectivity index (χ2v) is 7.93. The Hall–Kier alpha value is -0.950. The molecule has 1 fully saturated rings. The van der Waals surface area contributed by atoms with E-state index in [9.17, 15) is 5.26 Å². The molecule has 1 aliphatic rings. The predicted octanol–water partition coefficient (Wildman–Crippen LogP) is 3.87. The van der Waals surface area contributed by atoms with Gasteiger partial charge in [-0.3, -0.25) is 4.68 Å². The lowest BCUT2D eigenvalue weighted by molar-refractivity contribution is 0.169. The van der Waals surface area contributed by atoms with Gasteiger partial charge in [0.15, 0.2) is 0 Å². The number of nitrogens with zero attached hydrogens (tertiary/aromatic N) is 3. The zero-order valence-corrected chi connectivity index (χ0v) is 13.1. The Morgan fingerprint density at radius 1 is 1.42 bits per heavy atom. The number of aryl methyl sites for hydroxylation is 1. The van der Waals surface area contributed by atoms with Gasteiger partial charge < -0.3 is 0 Å². The first kappa shape index (κ1) is 14.5. The lowest BCUT2D eigenvalue weighted by Gasteiger charge is -2.39. The molecule has 0 aliphatic heterocycles. The van der Waals surface area contributed by atoms with Crippen LogP contribution in [0.25, 0.3) is 0 Å². The van der Waals surface area contributed by atoms with Crippen LogP contribution in [0.5, 0.6) is 0 Å². The predicted molar refractivity (Wildman–Crippen MR) is 78.8 cm³/mol. The maximum atomic E-state index is 9.35. The van der Waals surface area contributed by atoms with Crippen LogP contribution in [0.4, 0.5) is 0 Å². The van der Waals surface area contributed by atoms with Gasteiger partial charge in [0.1, 0.15) is 0 Å². The molecule has 1 heterocycles. The summed E-state index contributed by atoms with van der Waals surface area (Å²) in [6.45, 7) is 6.95. The zero-order chi connectivity index (χ0) is 14.0. The van der Waals surface area contributed by atoms with Gasteiger partial charge in [-0.05, 0) is 30.6 Å². The van der Waals surface area contributed by atoms with E-state index in [0.29, 0.717) is 16.6 Å². The maximum absolute atomic E-state index is 9.35. The highest BCUT2D eigenvalue weighted by Crippen LogP contribution is 2.45. The minimum atomic E-state index is 0.184. The average Bonchev–Trinajstić information content (AvgIpc) is 2.73. The molecular weight excluding hydrogens is 254 g/mol. The van der Waals surface area contributed by atoms with Crippen LogP contribution in [0.15, 0.2) is 17.3 Å². The van der Waals surface area contributed by atoms with Gasteiger partial charge in [-0.1, -0.05) is 20.8 Å². The van der Waals surface area contributed by atoms with Crippen LogP contribution in [-0.4, -0.2) is 15.0 Å². The summed E-state index contributed by atoms with van der Waals surface area (Å²) in [6.07, 6.45) is 7.31. The van der Waals surface area contributed by atoms with Crippen LogP contribution in [0.3, 0.4) is 0 Å². The molecule has 4 heteroatoms. The molecule has 0 aromatic carbocycles. The molecule has 0 saturated heterocycles. The van der Waals surface area contributed by atoms with Crippen molar-refractivity contribution in [2.75, 3.05) is 0 Å². The number of aromatic nitrogens is 2. The Morgan fingerprint density at radius 2 is 2.16 bits per heavy atom. The van der Waals surface area contributed by atoms with Crippen LogP contribution in [0, 0.1) is 28.6 Å². The van der Waals surface area contributed by atoms with Gasteiger partial charge in [-0.15, -0.1) is 11.8 Å². The van der Waals surface area contributed by atoms with Gasteiger partial charge in [0.2, 0.25) is 0 Å². The summed E-state index contributed by atoms with van der Waals surface area (Å²) in [5, 5.41) is 14.0. The van der Waals surface area contributed by atoms with Crippen LogP contribution in [0.1, 0.15) is 40.0 Å². The molecule has 3 unspecified atom stereocenters. The number of rotatable bonds is 2. The zero-order valence-electron chi connectivity index (χ0n) is 12.3. The van der Waals surface area contributed by atoms with Crippen molar-refractivity contribution in [2.45, 2.75) is 50.2 Å². The minimum Gasteiger partial charge on any atom is -0.275 e. The van der Waals surface area contributed by atoms with Crippen molar-refractivity contribution in [3.63, 3.8) is 0 Å². The molecule has 0 amide bonds. The van der Waals surface area contributed by atoms with Gasteiger partial charge in [0.05, 0.1) is 18.2 Å². The summed E-state index contributed by atoms with van der Waals surface area (Å²) in [6, 6.07) is 2.50. The van der Waals surface area contributed by atoms with Crippen LogP contribution < -0.4 is 0 Å². The number of hydrogen-bond acceptors (Lipinski definition) is 3. The Labute approximate surface area is 120 Å². The van der Waals surface area contributed by atoms with E-state index < -0.39 is 0 Å². The average molecular weight is 277 g/mol. The molecule has 0 bridgehead atoms. The van der Waals surface area contributed by atoms with E-state index in [0.717, 1.165) is 12.8 Å². The summed E-state index contributed by atoms with van der Waals surface area (Å²) in [5.41, 5.74) is 0.341. The molecular formula is C15H23N3S. The van der Waals surface area contributed by atoms with E-state index in [2.05, 4.69) is 31.9 Å². The third-order valence-electron chi connectivity index (χ3n) is 4.15. The Balaban J connectivity index is 2.08. The molecule has 0 spiro atoms. The van der Waals surface area contributed by atoms with Crippen LogP contribution in [0.2, 0.25) is 0 Å². The molecule has 3 nitrogen and oxygen atoms in total. The topological polar surface area (TPSA) is 41.6 Å². The fraction of sp³-hybridized carbons (Fsp3) is 0.733. The molecule has 1 aromatic rings. The third-order valence-corrected chi connectivity index (χ3v) is 5.46. The van der Waals surface area contributed by atoms with Gasteiger partial charge in [-0.2, -0.15) is 10.4 Å². The molecule has 1 saturated carbocycles. The first-order valence-electron chi connectivity index (χ1n) is 6.95. The van der Waals surface area contributed by atoms with Gasteiger partial charge in [-0.25, -0.2) is 0 Å². The highest BCUT2D eigenvalue weighted by molar-refractivity contribution is 8.00. The molecule has 0 N–H and O–H groups in total. The summed E-state index contributed by atoms with van der Waals surface area (Å²) >= 11 is 1.83. The summed E-state index contributed by atoms with van der Waals surface area (Å²) < 4.78 is 1.83. The Kier molecular flexibility index (Phi) is 4.25. The van der Waals surface area contributed by atoms with E-state index in [4.69, 9.17) is 0 Å². The fourth-order valence-electron chi connectivity index (χ4n) is 2.83. The number of thioether (sulfide) groups is 1. The van der Waals surface area contributed by atoms with Crippen molar-refractivity contribution in [3.05, 3.63) is 12.4 Å². The summed E-state index contributed by atoms with van der Waals surface area (Å²) in [4.78, 5) is 1.18. The maximum Gasteiger partial charge on any atom is 0.0667 e. The van der Waals surface area contributed by atoms with Gasteiger partial charge in [0, 0.05) is 23.4 Å². The second kappa shape index (κ2) is 5.58. The largest absolute Gasteiger partial charge is 0.275 e. The first-order chi connectivity index (χ1) is 8.90. The highest BCUT2D eigenvalue weighted by Gasteiger charge is 2.36. The molecule has 104 valence electrons. The molecule has 1 aromatic heterocycles. The lowest BCUT2D eigenvalue weighted by Crippen LogP contribution is -2.32. The van der Waals surface area contributed by atoms with E-state index in [1.807, 2.05) is 35.9 Å². The quantitative estimate of drug-likeness (QED) is 0.824. The first-order valence-corrected chi connectivity index (χ1v) is 7.83. The molecule has 0 radical (unpaired) electrons. The fourth-order valence-corrected chi connectivity index (χ4v) is 4.19. The van der Waals surface area contributed by atoms with Crippen molar-refractivity contribution in [1.29, 1.82) is 5.26 Å². The Morgan fingerprint density at radius 3 is 2.68 bits per heavy atom. The standard InChI is InChI=1S/C15H23N3S/c1-15(2,3)12-6-5-11(8-16)14(7-12)19-13-9-17-18(4)10-13/h9-12,14H,5-7H2,1-4H3. The monoisotopic (exact) mass is 277 g/mol. The van der Waals surface area contributed by atoms with E-state index in [1.165, 1.54) is 11.3 Å². The van der Waals surface area contributed by atoms with Crippen molar-refractivity contribution >= 4 is 11.8 Å². The smallest absolute Gasteiger partial charge is 0.0667 e. The van der Waals surface area contributed by atoms with Gasteiger partial charge in [0.25, 0.3) is 0 Å². The summed E-state index contributed by atoms with van der Waals surface area (Å²) in [5.74, 6) is 0.898. The molecule has 1 aliphatic carbocycles. The third kappa shape index (κ3) is 3.54. The van der Waals surface area contributed by atoms with Gasteiger partial charge >= 0.3 is 0 Å². The molecule has 19 heavy (non-hydrogen) atoms. The highest BCUT2D eigenvalue weighted by atomic mass is 32.2. The SMILES string of the molecule is Cn1cc(SC2CC(C(C)(C)C)CCC2C#N)cn1. The second-order valence-electron chi connectivity index (χ2n) is 6.62. The van der Waals surface area contributed by atoms with Crippen molar-refractivity contribution in [2.24, 2.45) is 24.3 Å². The van der Waals surface area contributed by atoms with E-state index in [-0.39, 0.29) is 5.92 Å². The van der Waals surface area contributed by atoms with Crippen molar-refractivity contribution in [1.82, 2.24) is 9.78 Å².